The number of aliphatic imine (C=N–C) groups is 1. The van der Waals surface area contributed by atoms with Gasteiger partial charge in [-0.2, -0.15) is 0 Å². The van der Waals surface area contributed by atoms with Gasteiger partial charge in [-0.15, -0.1) is 0 Å². The highest BCUT2D eigenvalue weighted by Crippen LogP contribution is 2.25. The fourth-order valence-corrected chi connectivity index (χ4v) is 4.07. The third-order valence-electron chi connectivity index (χ3n) is 5.65. The molecule has 1 N–H and O–H groups in total. The van der Waals surface area contributed by atoms with Crippen molar-refractivity contribution in [3.05, 3.63) is 35.6 Å². The number of fused-ring (bicyclic) bond motifs is 1. The molecule has 0 aliphatic carbocycles. The average molecular weight is 388 g/mol. The monoisotopic (exact) mass is 388 g/mol. The maximum atomic E-state index is 13.1. The Bertz CT molecular complexity index is 790. The highest BCUT2D eigenvalue weighted by Gasteiger charge is 2.49. The minimum atomic E-state index is -0.478. The zero-order chi connectivity index (χ0) is 19.8. The first-order valence-corrected chi connectivity index (χ1v) is 9.61. The number of hydrogen-bond donors (Lipinski definition) is 1. The van der Waals surface area contributed by atoms with Gasteiger partial charge in [-0.25, -0.2) is 14.2 Å². The zero-order valence-corrected chi connectivity index (χ0v) is 16.1. The van der Waals surface area contributed by atoms with Gasteiger partial charge in [0.2, 0.25) is 0 Å². The van der Waals surface area contributed by atoms with Crippen molar-refractivity contribution in [3.8, 4) is 0 Å². The van der Waals surface area contributed by atoms with Gasteiger partial charge in [0.05, 0.1) is 0 Å². The van der Waals surface area contributed by atoms with Crippen molar-refractivity contribution in [2.24, 2.45) is 4.99 Å². The number of likely N-dealkylation sites (N-methyl/N-ethyl adjacent to an activating group) is 2. The van der Waals surface area contributed by atoms with Gasteiger partial charge in [0.1, 0.15) is 5.82 Å². The van der Waals surface area contributed by atoms with Crippen molar-refractivity contribution in [1.82, 2.24) is 24.9 Å². The summed E-state index contributed by atoms with van der Waals surface area (Å²) in [6.07, 6.45) is -0.478. The normalized spacial score (nSPS) is 25.7. The highest BCUT2D eigenvalue weighted by atomic mass is 19.1. The number of piperazine rings is 1. The molecule has 3 aliphatic heterocycles. The summed E-state index contributed by atoms with van der Waals surface area (Å²) in [7, 11) is 1.67. The lowest BCUT2D eigenvalue weighted by molar-refractivity contribution is -0.127. The summed E-state index contributed by atoms with van der Waals surface area (Å²) < 4.78 is 13.1. The molecule has 0 aromatic heterocycles. The van der Waals surface area contributed by atoms with Crippen molar-refractivity contribution in [2.45, 2.75) is 25.7 Å². The molecule has 3 aliphatic rings. The number of benzene rings is 1. The lowest BCUT2D eigenvalue weighted by Crippen LogP contribution is -2.64. The molecular formula is C19H25FN6O2. The second kappa shape index (κ2) is 7.38. The van der Waals surface area contributed by atoms with E-state index >= 15 is 0 Å². The number of guanidine groups is 1. The summed E-state index contributed by atoms with van der Waals surface area (Å²) in [6, 6.07) is 5.73. The molecule has 9 heteroatoms. The van der Waals surface area contributed by atoms with Crippen molar-refractivity contribution in [2.75, 3.05) is 39.8 Å². The third-order valence-corrected chi connectivity index (χ3v) is 5.65. The molecule has 3 amide bonds. The van der Waals surface area contributed by atoms with Crippen LogP contribution in [0.25, 0.3) is 0 Å². The Morgan fingerprint density at radius 2 is 1.82 bits per heavy atom. The summed E-state index contributed by atoms with van der Waals surface area (Å²) in [4.78, 5) is 37.0. The van der Waals surface area contributed by atoms with Gasteiger partial charge in [-0.1, -0.05) is 12.1 Å². The molecule has 28 heavy (non-hydrogen) atoms. The summed E-state index contributed by atoms with van der Waals surface area (Å²) in [5, 5.41) is 2.41. The molecule has 0 bridgehead atoms. The van der Waals surface area contributed by atoms with Crippen LogP contribution in [0.3, 0.4) is 0 Å². The summed E-state index contributed by atoms with van der Waals surface area (Å²) in [5.74, 6) is 0.278. The Hall–Kier alpha value is -2.68. The number of nitrogens with zero attached hydrogens (tertiary/aromatic N) is 5. The van der Waals surface area contributed by atoms with Crippen molar-refractivity contribution >= 4 is 17.9 Å². The molecule has 0 spiro atoms. The van der Waals surface area contributed by atoms with E-state index in [1.165, 1.54) is 17.0 Å². The van der Waals surface area contributed by atoms with E-state index < -0.39 is 18.2 Å². The summed E-state index contributed by atoms with van der Waals surface area (Å²) in [6.45, 7) is 6.69. The van der Waals surface area contributed by atoms with Gasteiger partial charge >= 0.3 is 6.03 Å². The first-order valence-electron chi connectivity index (χ1n) is 9.61. The molecular weight excluding hydrogens is 363 g/mol. The predicted molar refractivity (Wildman–Crippen MR) is 102 cm³/mol. The van der Waals surface area contributed by atoms with E-state index in [2.05, 4.69) is 15.1 Å². The van der Waals surface area contributed by atoms with Crippen molar-refractivity contribution in [3.63, 3.8) is 0 Å². The van der Waals surface area contributed by atoms with Crippen molar-refractivity contribution < 1.29 is 14.0 Å². The van der Waals surface area contributed by atoms with Gasteiger partial charge < -0.3 is 14.7 Å². The number of hydrogen-bond acceptors (Lipinski definition) is 6. The Kier molecular flexibility index (Phi) is 4.92. The molecule has 0 radical (unpaired) electrons. The van der Waals surface area contributed by atoms with E-state index in [1.54, 1.807) is 7.05 Å². The van der Waals surface area contributed by atoms with Crippen LogP contribution in [0, 0.1) is 5.82 Å². The molecule has 150 valence electrons. The number of rotatable bonds is 3. The van der Waals surface area contributed by atoms with E-state index in [4.69, 9.17) is 4.99 Å². The standard InChI is InChI=1S/C19H25FN6O2/c1-3-26-15-16(23(2)19(28)22-17(15)27)21-18(26)25-10-8-24(9-11-25)12-13-4-6-14(20)7-5-13/h4-7,15-16H,3,8-12H2,1-2H3,(H,22,27,28). The van der Waals surface area contributed by atoms with E-state index in [0.29, 0.717) is 6.54 Å². The third kappa shape index (κ3) is 3.30. The van der Waals surface area contributed by atoms with Crippen LogP contribution < -0.4 is 5.32 Å². The minimum absolute atomic E-state index is 0.221. The molecule has 2 atom stereocenters. The Morgan fingerprint density at radius 3 is 2.46 bits per heavy atom. The van der Waals surface area contributed by atoms with Gasteiger partial charge in [0.25, 0.3) is 5.91 Å². The van der Waals surface area contributed by atoms with Crippen LogP contribution in [0.5, 0.6) is 0 Å². The largest absolute Gasteiger partial charge is 0.340 e. The second-order valence-corrected chi connectivity index (χ2v) is 7.37. The SMILES string of the molecule is CCN1C(N2CCN(Cc3ccc(F)cc3)CC2)=NC2C1C(=O)NC(=O)N2C. The van der Waals surface area contributed by atoms with Crippen LogP contribution in [0.4, 0.5) is 9.18 Å². The van der Waals surface area contributed by atoms with Crippen LogP contribution in [0.2, 0.25) is 0 Å². The minimum Gasteiger partial charge on any atom is -0.340 e. The van der Waals surface area contributed by atoms with Crippen LogP contribution in [0.1, 0.15) is 12.5 Å². The first-order chi connectivity index (χ1) is 13.5. The molecule has 8 nitrogen and oxygen atoms in total. The second-order valence-electron chi connectivity index (χ2n) is 7.37. The maximum absolute atomic E-state index is 13.1. The zero-order valence-electron chi connectivity index (χ0n) is 16.1. The van der Waals surface area contributed by atoms with Gasteiger partial charge in [0, 0.05) is 46.3 Å². The van der Waals surface area contributed by atoms with Crippen LogP contribution in [-0.2, 0) is 11.3 Å². The van der Waals surface area contributed by atoms with Crippen LogP contribution >= 0.6 is 0 Å². The van der Waals surface area contributed by atoms with E-state index in [9.17, 15) is 14.0 Å². The average Bonchev–Trinajstić information content (AvgIpc) is 3.09. The maximum Gasteiger partial charge on any atom is 0.325 e. The number of imide groups is 1. The van der Waals surface area contributed by atoms with Gasteiger partial charge in [0.15, 0.2) is 18.2 Å². The first kappa shape index (κ1) is 18.7. The molecule has 1 aromatic rings. The summed E-state index contributed by atoms with van der Waals surface area (Å²) in [5.41, 5.74) is 1.09. The van der Waals surface area contributed by atoms with E-state index in [0.717, 1.165) is 44.2 Å². The smallest absolute Gasteiger partial charge is 0.325 e. The lowest BCUT2D eigenvalue weighted by atomic mass is 10.1. The fraction of sp³-hybridized carbons (Fsp3) is 0.526. The Morgan fingerprint density at radius 1 is 1.14 bits per heavy atom. The predicted octanol–water partition coefficient (Wildman–Crippen LogP) is 0.511. The number of halogens is 1. The molecule has 2 unspecified atom stereocenters. The number of amides is 3. The highest BCUT2D eigenvalue weighted by molar-refractivity contribution is 6.03. The van der Waals surface area contributed by atoms with Crippen molar-refractivity contribution in [1.29, 1.82) is 0 Å². The van der Waals surface area contributed by atoms with E-state index in [-0.39, 0.29) is 11.7 Å². The molecule has 2 saturated heterocycles. The molecule has 0 saturated carbocycles. The summed E-state index contributed by atoms with van der Waals surface area (Å²) >= 11 is 0. The van der Waals surface area contributed by atoms with Gasteiger partial charge in [-0.05, 0) is 24.6 Å². The topological polar surface area (TPSA) is 71.5 Å². The number of nitrogens with one attached hydrogen (secondary N) is 1. The number of carbonyl (C=O) groups excluding carboxylic acids is 2. The molecule has 4 rings (SSSR count). The molecule has 3 heterocycles. The molecule has 2 fully saturated rings. The Labute approximate surface area is 163 Å². The number of carbonyl (C=O) groups is 2. The van der Waals surface area contributed by atoms with E-state index in [1.807, 2.05) is 24.0 Å². The molecule has 1 aromatic carbocycles. The van der Waals surface area contributed by atoms with Gasteiger partial charge in [-0.3, -0.25) is 15.0 Å². The van der Waals surface area contributed by atoms with Crippen LogP contribution in [0.15, 0.2) is 29.3 Å². The quantitative estimate of drug-likeness (QED) is 0.817. The van der Waals surface area contributed by atoms with Crippen LogP contribution in [-0.4, -0.2) is 89.5 Å². The Balaban J connectivity index is 1.43. The fourth-order valence-electron chi connectivity index (χ4n) is 4.07. The lowest BCUT2D eigenvalue weighted by Gasteiger charge is -2.40. The number of urea groups is 1.